The highest BCUT2D eigenvalue weighted by molar-refractivity contribution is 7.99. The monoisotopic (exact) mass is 419 g/mol. The lowest BCUT2D eigenvalue weighted by Crippen LogP contribution is -2.49. The van der Waals surface area contributed by atoms with Crippen LogP contribution in [0.5, 0.6) is 0 Å². The summed E-state index contributed by atoms with van der Waals surface area (Å²) in [5.41, 5.74) is 5.37. The van der Waals surface area contributed by atoms with Crippen LogP contribution in [0.15, 0.2) is 0 Å². The molecule has 0 aliphatic carbocycles. The molecule has 0 aromatic heterocycles. The number of thioether (sulfide) groups is 1. The highest BCUT2D eigenvalue weighted by Gasteiger charge is 2.22. The second-order valence-electron chi connectivity index (χ2n) is 6.56. The summed E-state index contributed by atoms with van der Waals surface area (Å²) in [4.78, 5) is 45.5. The lowest BCUT2D eigenvalue weighted by atomic mass is 10.1. The Morgan fingerprint density at radius 3 is 2.29 bits per heavy atom. The van der Waals surface area contributed by atoms with Crippen molar-refractivity contribution in [3.8, 4) is 0 Å². The highest BCUT2D eigenvalue weighted by atomic mass is 32.2. The van der Waals surface area contributed by atoms with Gasteiger partial charge in [0.15, 0.2) is 0 Å². The second-order valence-corrected chi connectivity index (χ2v) is 7.71. The molecule has 0 aromatic rings. The minimum Gasteiger partial charge on any atom is -0.480 e. The molecule has 2 atom stereocenters. The Morgan fingerprint density at radius 2 is 1.68 bits per heavy atom. The minimum absolute atomic E-state index is 0.0461. The van der Waals surface area contributed by atoms with Gasteiger partial charge >= 0.3 is 11.9 Å². The van der Waals surface area contributed by atoms with E-state index in [1.165, 1.54) is 37.4 Å². The van der Waals surface area contributed by atoms with Crippen molar-refractivity contribution in [3.63, 3.8) is 0 Å². The van der Waals surface area contributed by atoms with Crippen molar-refractivity contribution in [2.45, 2.75) is 70.4 Å². The zero-order chi connectivity index (χ0) is 21.4. The number of carbonyl (C=O) groups excluding carboxylic acids is 2. The molecule has 0 saturated heterocycles. The predicted octanol–water partition coefficient (Wildman–Crippen LogP) is 0.958. The highest BCUT2D eigenvalue weighted by Crippen LogP contribution is 2.11. The molecule has 162 valence electrons. The summed E-state index contributed by atoms with van der Waals surface area (Å²) < 4.78 is 0. The molecule has 0 rings (SSSR count). The van der Waals surface area contributed by atoms with E-state index in [1.807, 2.05) is 0 Å². The van der Waals surface area contributed by atoms with Crippen molar-refractivity contribution in [2.24, 2.45) is 5.73 Å². The Bertz CT molecular complexity index is 504. The first kappa shape index (κ1) is 26.2. The summed E-state index contributed by atoms with van der Waals surface area (Å²) >= 11 is 1.52. The van der Waals surface area contributed by atoms with Gasteiger partial charge in [0, 0.05) is 12.2 Å². The van der Waals surface area contributed by atoms with Crippen LogP contribution in [0, 0.1) is 0 Å². The average Bonchev–Trinajstić information content (AvgIpc) is 2.64. The Hall–Kier alpha value is -1.81. The van der Waals surface area contributed by atoms with Gasteiger partial charge in [-0.25, -0.2) is 0 Å². The quantitative estimate of drug-likeness (QED) is 0.218. The van der Waals surface area contributed by atoms with Gasteiger partial charge in [0.2, 0.25) is 11.8 Å². The van der Waals surface area contributed by atoms with Crippen molar-refractivity contribution in [2.75, 3.05) is 18.1 Å². The number of nitrogens with two attached hydrogens (primary N) is 1. The maximum atomic E-state index is 12.1. The van der Waals surface area contributed by atoms with Crippen LogP contribution in [-0.4, -0.2) is 64.1 Å². The first-order valence-corrected chi connectivity index (χ1v) is 10.8. The summed E-state index contributed by atoms with van der Waals surface area (Å²) in [6.07, 6.45) is 6.78. The molecule has 0 fully saturated rings. The second kappa shape index (κ2) is 16.2. The zero-order valence-corrected chi connectivity index (χ0v) is 17.3. The Kier molecular flexibility index (Phi) is 15.1. The van der Waals surface area contributed by atoms with Gasteiger partial charge in [0.05, 0.1) is 0 Å². The Balaban J connectivity index is 4.37. The molecule has 6 N–H and O–H groups in total. The fraction of sp³-hybridized carbons (Fsp3) is 0.778. The first-order valence-electron chi connectivity index (χ1n) is 9.62. The number of unbranched alkanes of at least 4 members (excludes halogenated alkanes) is 5. The SMILES string of the molecule is CCCCCCCCSCC(NC(=O)CC[C@H](N)C(=O)O)C(=O)NCC(=O)O. The molecular weight excluding hydrogens is 386 g/mol. The maximum absolute atomic E-state index is 12.1. The molecule has 0 heterocycles. The van der Waals surface area contributed by atoms with E-state index in [2.05, 4.69) is 17.6 Å². The molecule has 0 aliphatic rings. The molecule has 0 bridgehead atoms. The standard InChI is InChI=1S/C18H33N3O6S/c1-2-3-4-5-6-7-10-28-12-14(17(25)20-11-16(23)24)21-15(22)9-8-13(19)18(26)27/h13-14H,2-12,19H2,1H3,(H,20,25)(H,21,22)(H,23,24)(H,26,27)/t13-,14?/m0/s1. The van der Waals surface area contributed by atoms with Crippen LogP contribution >= 0.6 is 11.8 Å². The number of aliphatic carboxylic acids is 2. The molecule has 10 heteroatoms. The molecule has 2 amide bonds. The molecule has 28 heavy (non-hydrogen) atoms. The van der Waals surface area contributed by atoms with Gasteiger partial charge in [-0.1, -0.05) is 39.0 Å². The largest absolute Gasteiger partial charge is 0.480 e. The molecular formula is C18H33N3O6S. The van der Waals surface area contributed by atoms with Gasteiger partial charge in [0.25, 0.3) is 0 Å². The number of rotatable bonds is 17. The van der Waals surface area contributed by atoms with E-state index >= 15 is 0 Å². The van der Waals surface area contributed by atoms with Crippen molar-refractivity contribution in [1.29, 1.82) is 0 Å². The molecule has 0 radical (unpaired) electrons. The summed E-state index contributed by atoms with van der Waals surface area (Å²) in [5, 5.41) is 22.2. The van der Waals surface area contributed by atoms with Crippen LogP contribution in [0.3, 0.4) is 0 Å². The third-order valence-electron chi connectivity index (χ3n) is 3.99. The van der Waals surface area contributed by atoms with E-state index in [-0.39, 0.29) is 12.8 Å². The third kappa shape index (κ3) is 14.3. The fourth-order valence-corrected chi connectivity index (χ4v) is 3.38. The van der Waals surface area contributed by atoms with E-state index in [0.29, 0.717) is 5.75 Å². The number of nitrogens with one attached hydrogen (secondary N) is 2. The van der Waals surface area contributed by atoms with E-state index < -0.39 is 42.4 Å². The van der Waals surface area contributed by atoms with Gasteiger partial charge in [-0.05, 0) is 18.6 Å². The summed E-state index contributed by atoms with van der Waals surface area (Å²) in [7, 11) is 0. The van der Waals surface area contributed by atoms with Crippen LogP contribution in [0.25, 0.3) is 0 Å². The number of carboxylic acids is 2. The summed E-state index contributed by atoms with van der Waals surface area (Å²) in [6.45, 7) is 1.63. The predicted molar refractivity (Wildman–Crippen MR) is 108 cm³/mol. The van der Waals surface area contributed by atoms with Crippen LogP contribution in [0.4, 0.5) is 0 Å². The first-order chi connectivity index (χ1) is 13.3. The van der Waals surface area contributed by atoms with Crippen molar-refractivity contribution >= 4 is 35.5 Å². The molecule has 9 nitrogen and oxygen atoms in total. The summed E-state index contributed by atoms with van der Waals surface area (Å²) in [5.74, 6) is -2.28. The lowest BCUT2D eigenvalue weighted by molar-refractivity contribution is -0.139. The topological polar surface area (TPSA) is 159 Å². The molecule has 0 spiro atoms. The molecule has 0 aliphatic heterocycles. The number of amides is 2. The van der Waals surface area contributed by atoms with Gasteiger partial charge in [-0.3, -0.25) is 19.2 Å². The molecule has 1 unspecified atom stereocenters. The van der Waals surface area contributed by atoms with Crippen LogP contribution < -0.4 is 16.4 Å². The number of hydrogen-bond donors (Lipinski definition) is 5. The van der Waals surface area contributed by atoms with Crippen LogP contribution in [0.1, 0.15) is 58.3 Å². The number of carboxylic acid groups (broad SMARTS) is 2. The van der Waals surface area contributed by atoms with Crippen molar-refractivity contribution in [3.05, 3.63) is 0 Å². The molecule has 0 aromatic carbocycles. The normalized spacial score (nSPS) is 12.8. The van der Waals surface area contributed by atoms with Crippen molar-refractivity contribution in [1.82, 2.24) is 10.6 Å². The third-order valence-corrected chi connectivity index (χ3v) is 5.14. The number of hydrogen-bond acceptors (Lipinski definition) is 6. The van der Waals surface area contributed by atoms with E-state index in [1.54, 1.807) is 0 Å². The van der Waals surface area contributed by atoms with E-state index in [0.717, 1.165) is 18.6 Å². The van der Waals surface area contributed by atoms with Gasteiger partial charge in [-0.15, -0.1) is 0 Å². The molecule has 0 saturated carbocycles. The average molecular weight is 420 g/mol. The maximum Gasteiger partial charge on any atom is 0.322 e. The van der Waals surface area contributed by atoms with Gasteiger partial charge in [0.1, 0.15) is 18.6 Å². The van der Waals surface area contributed by atoms with Gasteiger partial charge in [-0.2, -0.15) is 11.8 Å². The lowest BCUT2D eigenvalue weighted by Gasteiger charge is -2.18. The smallest absolute Gasteiger partial charge is 0.322 e. The summed E-state index contributed by atoms with van der Waals surface area (Å²) in [6, 6.07) is -2.02. The minimum atomic E-state index is -1.20. The Labute approximate surface area is 170 Å². The Morgan fingerprint density at radius 1 is 1.04 bits per heavy atom. The number of carbonyl (C=O) groups is 4. The van der Waals surface area contributed by atoms with Crippen molar-refractivity contribution < 1.29 is 29.4 Å². The zero-order valence-electron chi connectivity index (χ0n) is 16.4. The fourth-order valence-electron chi connectivity index (χ4n) is 2.33. The van der Waals surface area contributed by atoms with Gasteiger partial charge < -0.3 is 26.6 Å². The van der Waals surface area contributed by atoms with Crippen LogP contribution in [-0.2, 0) is 19.2 Å². The van der Waals surface area contributed by atoms with Crippen LogP contribution in [0.2, 0.25) is 0 Å². The van der Waals surface area contributed by atoms with E-state index in [9.17, 15) is 19.2 Å². The van der Waals surface area contributed by atoms with E-state index in [4.69, 9.17) is 15.9 Å².